The Morgan fingerprint density at radius 1 is 1.00 bits per heavy atom. The van der Waals surface area contributed by atoms with E-state index in [9.17, 15) is 9.90 Å². The van der Waals surface area contributed by atoms with E-state index in [1.165, 1.54) is 0 Å². The van der Waals surface area contributed by atoms with Crippen molar-refractivity contribution >= 4 is 5.97 Å². The smallest absolute Gasteiger partial charge is 0.338 e. The molecule has 0 aromatic heterocycles. The summed E-state index contributed by atoms with van der Waals surface area (Å²) in [6, 6.07) is 13.1. The molecule has 23 heavy (non-hydrogen) atoms. The van der Waals surface area contributed by atoms with Gasteiger partial charge < -0.3 is 9.84 Å². The van der Waals surface area contributed by atoms with E-state index in [1.807, 2.05) is 58.0 Å². The highest BCUT2D eigenvalue weighted by Crippen LogP contribution is 2.35. The summed E-state index contributed by atoms with van der Waals surface area (Å²) >= 11 is 0. The Morgan fingerprint density at radius 2 is 1.52 bits per heavy atom. The molecule has 3 heteroatoms. The molecule has 0 radical (unpaired) electrons. The molecule has 0 amide bonds. The molecule has 0 saturated carbocycles. The molecule has 0 unspecified atom stereocenters. The Labute approximate surface area is 137 Å². The maximum Gasteiger partial charge on any atom is 0.338 e. The fourth-order valence-electron chi connectivity index (χ4n) is 2.48. The standard InChI is InChI=1S/C20H24O3/c1-13(2)17-10-16(11-18(14(3)4)19(17)21)20(22)23-12-15-8-6-5-7-9-15/h5-11,13-14,21H,12H2,1-4H3. The quantitative estimate of drug-likeness (QED) is 0.791. The average Bonchev–Trinajstić information content (AvgIpc) is 2.53. The van der Waals surface area contributed by atoms with Crippen LogP contribution in [0.5, 0.6) is 5.75 Å². The summed E-state index contributed by atoms with van der Waals surface area (Å²) in [6.45, 7) is 8.24. The number of hydrogen-bond acceptors (Lipinski definition) is 3. The zero-order valence-electron chi connectivity index (χ0n) is 14.2. The highest BCUT2D eigenvalue weighted by molar-refractivity contribution is 5.90. The highest BCUT2D eigenvalue weighted by atomic mass is 16.5. The topological polar surface area (TPSA) is 46.5 Å². The van der Waals surface area contributed by atoms with Gasteiger partial charge in [0.25, 0.3) is 0 Å². The summed E-state index contributed by atoms with van der Waals surface area (Å²) in [6.07, 6.45) is 0. The molecular weight excluding hydrogens is 288 g/mol. The summed E-state index contributed by atoms with van der Waals surface area (Å²) in [5.41, 5.74) is 3.00. The maximum atomic E-state index is 12.4. The summed E-state index contributed by atoms with van der Waals surface area (Å²) < 4.78 is 5.40. The van der Waals surface area contributed by atoms with E-state index in [0.717, 1.165) is 16.7 Å². The molecule has 0 bridgehead atoms. The fraction of sp³-hybridized carbons (Fsp3) is 0.350. The zero-order valence-corrected chi connectivity index (χ0v) is 14.2. The molecule has 0 fully saturated rings. The van der Waals surface area contributed by atoms with Crippen molar-refractivity contribution in [3.05, 3.63) is 64.7 Å². The first-order valence-corrected chi connectivity index (χ1v) is 7.98. The van der Waals surface area contributed by atoms with Crippen molar-refractivity contribution in [3.63, 3.8) is 0 Å². The Balaban J connectivity index is 2.25. The van der Waals surface area contributed by atoms with Gasteiger partial charge in [-0.2, -0.15) is 0 Å². The number of phenolic OH excluding ortho intramolecular Hbond substituents is 1. The molecule has 0 heterocycles. The summed E-state index contributed by atoms with van der Waals surface area (Å²) in [7, 11) is 0. The number of rotatable bonds is 5. The Hall–Kier alpha value is -2.29. The van der Waals surface area contributed by atoms with Crippen LogP contribution in [0.2, 0.25) is 0 Å². The van der Waals surface area contributed by atoms with Gasteiger partial charge in [0.2, 0.25) is 0 Å². The second-order valence-corrected chi connectivity index (χ2v) is 6.37. The summed E-state index contributed by atoms with van der Waals surface area (Å²) in [5, 5.41) is 10.4. The van der Waals surface area contributed by atoms with Gasteiger partial charge >= 0.3 is 5.97 Å². The second kappa shape index (κ2) is 7.32. The van der Waals surface area contributed by atoms with Crippen molar-refractivity contribution in [2.45, 2.75) is 46.1 Å². The van der Waals surface area contributed by atoms with Gasteiger partial charge in [-0.25, -0.2) is 4.79 Å². The Bertz CT molecular complexity index is 644. The first-order valence-electron chi connectivity index (χ1n) is 7.98. The van der Waals surface area contributed by atoms with Gasteiger partial charge in [0, 0.05) is 0 Å². The molecular formula is C20H24O3. The highest BCUT2D eigenvalue weighted by Gasteiger charge is 2.18. The lowest BCUT2D eigenvalue weighted by Crippen LogP contribution is -2.08. The van der Waals surface area contributed by atoms with Gasteiger partial charge in [0.15, 0.2) is 0 Å². The van der Waals surface area contributed by atoms with Gasteiger partial charge in [-0.1, -0.05) is 58.0 Å². The Morgan fingerprint density at radius 3 is 2.00 bits per heavy atom. The first-order chi connectivity index (χ1) is 10.9. The SMILES string of the molecule is CC(C)c1cc(C(=O)OCc2ccccc2)cc(C(C)C)c1O. The minimum atomic E-state index is -0.363. The predicted molar refractivity (Wildman–Crippen MR) is 91.8 cm³/mol. The molecule has 122 valence electrons. The van der Waals surface area contributed by atoms with E-state index in [-0.39, 0.29) is 30.2 Å². The van der Waals surface area contributed by atoms with Crippen LogP contribution in [0.4, 0.5) is 0 Å². The maximum absolute atomic E-state index is 12.4. The number of hydrogen-bond donors (Lipinski definition) is 1. The van der Waals surface area contributed by atoms with Gasteiger partial charge in [0.1, 0.15) is 12.4 Å². The van der Waals surface area contributed by atoms with E-state index >= 15 is 0 Å². The molecule has 0 spiro atoms. The van der Waals surface area contributed by atoms with Crippen LogP contribution in [-0.2, 0) is 11.3 Å². The molecule has 1 N–H and O–H groups in total. The fourth-order valence-corrected chi connectivity index (χ4v) is 2.48. The van der Waals surface area contributed by atoms with Crippen LogP contribution in [0.1, 0.15) is 66.6 Å². The lowest BCUT2D eigenvalue weighted by molar-refractivity contribution is 0.0472. The van der Waals surface area contributed by atoms with Gasteiger partial charge in [0.05, 0.1) is 5.56 Å². The van der Waals surface area contributed by atoms with E-state index in [4.69, 9.17) is 4.74 Å². The van der Waals surface area contributed by atoms with Crippen LogP contribution in [0.3, 0.4) is 0 Å². The van der Waals surface area contributed by atoms with Crippen molar-refractivity contribution < 1.29 is 14.6 Å². The third-order valence-corrected chi connectivity index (χ3v) is 3.86. The average molecular weight is 312 g/mol. The molecule has 0 aliphatic rings. The van der Waals surface area contributed by atoms with E-state index in [2.05, 4.69) is 0 Å². The van der Waals surface area contributed by atoms with Crippen molar-refractivity contribution in [1.82, 2.24) is 0 Å². The molecule has 2 aromatic rings. The van der Waals surface area contributed by atoms with Crippen molar-refractivity contribution in [2.24, 2.45) is 0 Å². The normalized spacial score (nSPS) is 11.0. The minimum Gasteiger partial charge on any atom is -0.507 e. The van der Waals surface area contributed by atoms with Gasteiger partial charge in [-0.15, -0.1) is 0 Å². The number of benzene rings is 2. The lowest BCUT2D eigenvalue weighted by Gasteiger charge is -2.17. The van der Waals surface area contributed by atoms with Crippen LogP contribution in [-0.4, -0.2) is 11.1 Å². The summed E-state index contributed by atoms with van der Waals surface area (Å²) in [4.78, 5) is 12.4. The number of ether oxygens (including phenoxy) is 1. The number of carbonyl (C=O) groups is 1. The largest absolute Gasteiger partial charge is 0.507 e. The number of carbonyl (C=O) groups excluding carboxylic acids is 1. The van der Waals surface area contributed by atoms with Crippen LogP contribution >= 0.6 is 0 Å². The van der Waals surface area contributed by atoms with Crippen LogP contribution in [0.25, 0.3) is 0 Å². The van der Waals surface area contributed by atoms with Gasteiger partial charge in [-0.3, -0.25) is 0 Å². The molecule has 3 nitrogen and oxygen atoms in total. The van der Waals surface area contributed by atoms with E-state index < -0.39 is 0 Å². The Kier molecular flexibility index (Phi) is 5.43. The zero-order chi connectivity index (χ0) is 17.0. The second-order valence-electron chi connectivity index (χ2n) is 6.37. The van der Waals surface area contributed by atoms with Gasteiger partial charge in [-0.05, 0) is 40.7 Å². The van der Waals surface area contributed by atoms with Crippen LogP contribution < -0.4 is 0 Å². The van der Waals surface area contributed by atoms with Crippen LogP contribution in [0, 0.1) is 0 Å². The first kappa shape index (κ1) is 17.1. The molecule has 2 rings (SSSR count). The number of aromatic hydroxyl groups is 1. The molecule has 0 saturated heterocycles. The third-order valence-electron chi connectivity index (χ3n) is 3.86. The lowest BCUT2D eigenvalue weighted by atomic mass is 9.91. The van der Waals surface area contributed by atoms with Crippen molar-refractivity contribution in [1.29, 1.82) is 0 Å². The minimum absolute atomic E-state index is 0.134. The molecule has 0 aliphatic carbocycles. The van der Waals surface area contributed by atoms with Crippen molar-refractivity contribution in [3.8, 4) is 5.75 Å². The molecule has 0 atom stereocenters. The molecule has 2 aromatic carbocycles. The number of phenols is 1. The van der Waals surface area contributed by atoms with Crippen molar-refractivity contribution in [2.75, 3.05) is 0 Å². The third kappa shape index (κ3) is 4.13. The van der Waals surface area contributed by atoms with E-state index in [0.29, 0.717) is 5.56 Å². The summed E-state index contributed by atoms with van der Waals surface area (Å²) in [5.74, 6) is 0.191. The van der Waals surface area contributed by atoms with E-state index in [1.54, 1.807) is 12.1 Å². The van der Waals surface area contributed by atoms with Crippen LogP contribution in [0.15, 0.2) is 42.5 Å². The monoisotopic (exact) mass is 312 g/mol. The predicted octanol–water partition coefficient (Wildman–Crippen LogP) is 5.00. The molecule has 0 aliphatic heterocycles. The number of esters is 1.